The molecule has 0 atom stereocenters. The van der Waals surface area contributed by atoms with Gasteiger partial charge < -0.3 is 19.3 Å². The number of hydrogen-bond donors (Lipinski definition) is 0. The molecule has 0 N–H and O–H groups in total. The molecule has 0 spiro atoms. The van der Waals surface area contributed by atoms with Crippen molar-refractivity contribution < 1.29 is 9.47 Å². The van der Waals surface area contributed by atoms with E-state index in [-0.39, 0.29) is 0 Å². The monoisotopic (exact) mass is 484 g/mol. The maximum Gasteiger partial charge on any atom is 0.126 e. The molecule has 0 radical (unpaired) electrons. The number of ether oxygens (including phenoxy) is 2. The fourth-order valence-electron chi connectivity index (χ4n) is 4.35. The van der Waals surface area contributed by atoms with E-state index in [4.69, 9.17) is 9.47 Å². The van der Waals surface area contributed by atoms with Crippen molar-refractivity contribution in [3.05, 3.63) is 82.9 Å². The molecule has 3 aromatic rings. The number of benzene rings is 3. The molecule has 0 aromatic heterocycles. The SMILES string of the molecule is CCN(CC)c1ccc(/C=C/c2cc(OC)c(/C=C/c3ccc(N(CC)CC)cc3)cc2OC)cc1. The van der Waals surface area contributed by atoms with Crippen LogP contribution < -0.4 is 19.3 Å². The molecule has 0 fully saturated rings. The Labute approximate surface area is 217 Å². The molecule has 0 aliphatic rings. The summed E-state index contributed by atoms with van der Waals surface area (Å²) in [5.41, 5.74) is 6.73. The van der Waals surface area contributed by atoms with Gasteiger partial charge in [0.2, 0.25) is 0 Å². The molecular weight excluding hydrogens is 444 g/mol. The molecule has 36 heavy (non-hydrogen) atoms. The van der Waals surface area contributed by atoms with Crippen LogP contribution in [0.4, 0.5) is 11.4 Å². The van der Waals surface area contributed by atoms with E-state index in [1.165, 1.54) is 11.4 Å². The lowest BCUT2D eigenvalue weighted by molar-refractivity contribution is 0.401. The summed E-state index contributed by atoms with van der Waals surface area (Å²) in [5.74, 6) is 1.62. The van der Waals surface area contributed by atoms with E-state index in [2.05, 4.69) is 110 Å². The lowest BCUT2D eigenvalue weighted by Gasteiger charge is -2.20. The van der Waals surface area contributed by atoms with Crippen molar-refractivity contribution in [2.45, 2.75) is 27.7 Å². The van der Waals surface area contributed by atoms with E-state index in [1.54, 1.807) is 14.2 Å². The van der Waals surface area contributed by atoms with Crippen LogP contribution in [0.15, 0.2) is 60.7 Å². The summed E-state index contributed by atoms with van der Waals surface area (Å²) in [5, 5.41) is 0. The Morgan fingerprint density at radius 2 is 0.861 bits per heavy atom. The van der Waals surface area contributed by atoms with Crippen LogP contribution in [0.25, 0.3) is 24.3 Å². The Bertz CT molecular complexity index is 1050. The van der Waals surface area contributed by atoms with Crippen molar-refractivity contribution >= 4 is 35.7 Å². The van der Waals surface area contributed by atoms with Crippen molar-refractivity contribution in [3.8, 4) is 11.5 Å². The van der Waals surface area contributed by atoms with Gasteiger partial charge >= 0.3 is 0 Å². The van der Waals surface area contributed by atoms with E-state index < -0.39 is 0 Å². The molecule has 0 unspecified atom stereocenters. The molecule has 4 heteroatoms. The molecule has 3 rings (SSSR count). The molecular formula is C32H40N2O2. The molecule has 4 nitrogen and oxygen atoms in total. The van der Waals surface area contributed by atoms with Gasteiger partial charge in [0.25, 0.3) is 0 Å². The summed E-state index contributed by atoms with van der Waals surface area (Å²) in [4.78, 5) is 4.68. The van der Waals surface area contributed by atoms with Crippen molar-refractivity contribution in [2.24, 2.45) is 0 Å². The molecule has 0 amide bonds. The molecule has 3 aromatic carbocycles. The van der Waals surface area contributed by atoms with Crippen LogP contribution in [0.2, 0.25) is 0 Å². The highest BCUT2D eigenvalue weighted by atomic mass is 16.5. The highest BCUT2D eigenvalue weighted by Gasteiger charge is 2.08. The first-order valence-electron chi connectivity index (χ1n) is 12.9. The number of nitrogens with zero attached hydrogens (tertiary/aromatic N) is 2. The first-order valence-corrected chi connectivity index (χ1v) is 12.9. The third-order valence-electron chi connectivity index (χ3n) is 6.54. The minimum atomic E-state index is 0.809. The van der Waals surface area contributed by atoms with Gasteiger partial charge in [0.1, 0.15) is 11.5 Å². The second kappa shape index (κ2) is 13.4. The van der Waals surface area contributed by atoms with Crippen LogP contribution in [0.1, 0.15) is 49.9 Å². The molecule has 0 saturated heterocycles. The summed E-state index contributed by atoms with van der Waals surface area (Å²) in [6.45, 7) is 12.7. The van der Waals surface area contributed by atoms with Crippen molar-refractivity contribution in [3.63, 3.8) is 0 Å². The standard InChI is InChI=1S/C32H40N2O2/c1-7-33(8-2)29-19-13-25(14-20-29)11-17-27-23-32(36-6)28(24-31(27)35-5)18-12-26-15-21-30(22-16-26)34(9-3)10-4/h11-24H,7-10H2,1-6H3/b17-11+,18-12+. The zero-order valence-corrected chi connectivity index (χ0v) is 22.6. The lowest BCUT2D eigenvalue weighted by atomic mass is 10.0. The van der Waals surface area contributed by atoms with Crippen molar-refractivity contribution in [1.29, 1.82) is 0 Å². The van der Waals surface area contributed by atoms with Gasteiger partial charge in [-0.2, -0.15) is 0 Å². The van der Waals surface area contributed by atoms with E-state index >= 15 is 0 Å². The van der Waals surface area contributed by atoms with Crippen LogP contribution in [0, 0.1) is 0 Å². The molecule has 190 valence electrons. The molecule has 0 aliphatic heterocycles. The number of rotatable bonds is 12. The third kappa shape index (κ3) is 6.72. The van der Waals surface area contributed by atoms with Gasteiger partial charge in [0, 0.05) is 48.7 Å². The largest absolute Gasteiger partial charge is 0.496 e. The fourth-order valence-corrected chi connectivity index (χ4v) is 4.35. The van der Waals surface area contributed by atoms with Crippen LogP contribution in [-0.2, 0) is 0 Å². The minimum absolute atomic E-state index is 0.809. The lowest BCUT2D eigenvalue weighted by Crippen LogP contribution is -2.21. The highest BCUT2D eigenvalue weighted by Crippen LogP contribution is 2.32. The normalized spacial score (nSPS) is 11.3. The summed E-state index contributed by atoms with van der Waals surface area (Å²) < 4.78 is 11.4. The van der Waals surface area contributed by atoms with E-state index in [0.717, 1.165) is 59.9 Å². The maximum atomic E-state index is 5.72. The maximum absolute atomic E-state index is 5.72. The number of methoxy groups -OCH3 is 2. The molecule has 0 saturated carbocycles. The zero-order chi connectivity index (χ0) is 25.9. The Morgan fingerprint density at radius 1 is 0.528 bits per heavy atom. The summed E-state index contributed by atoms with van der Waals surface area (Å²) in [7, 11) is 3.41. The van der Waals surface area contributed by atoms with Crippen LogP contribution >= 0.6 is 0 Å². The number of hydrogen-bond acceptors (Lipinski definition) is 4. The number of anilines is 2. The smallest absolute Gasteiger partial charge is 0.126 e. The van der Waals surface area contributed by atoms with Crippen LogP contribution in [0.5, 0.6) is 11.5 Å². The first kappa shape index (κ1) is 26.9. The second-order valence-electron chi connectivity index (χ2n) is 8.53. The summed E-state index contributed by atoms with van der Waals surface area (Å²) in [6, 6.07) is 21.4. The van der Waals surface area contributed by atoms with Crippen molar-refractivity contribution in [2.75, 3.05) is 50.2 Å². The van der Waals surface area contributed by atoms with E-state index in [0.29, 0.717) is 0 Å². The predicted molar refractivity (Wildman–Crippen MR) is 157 cm³/mol. The average Bonchev–Trinajstić information content (AvgIpc) is 2.93. The Morgan fingerprint density at radius 3 is 1.14 bits per heavy atom. The molecule has 0 aliphatic carbocycles. The molecule has 0 bridgehead atoms. The summed E-state index contributed by atoms with van der Waals surface area (Å²) in [6.07, 6.45) is 8.37. The Balaban J connectivity index is 1.81. The van der Waals surface area contributed by atoms with Crippen LogP contribution in [-0.4, -0.2) is 40.4 Å². The predicted octanol–water partition coefficient (Wildman–Crippen LogP) is 7.74. The quantitative estimate of drug-likeness (QED) is 0.246. The fraction of sp³-hybridized carbons (Fsp3) is 0.312. The van der Waals surface area contributed by atoms with Gasteiger partial charge in [-0.05, 0) is 75.2 Å². The Kier molecular flexibility index (Phi) is 10.1. The zero-order valence-electron chi connectivity index (χ0n) is 22.6. The van der Waals surface area contributed by atoms with E-state index in [1.807, 2.05) is 12.1 Å². The van der Waals surface area contributed by atoms with Gasteiger partial charge in [-0.1, -0.05) is 48.6 Å². The van der Waals surface area contributed by atoms with Crippen molar-refractivity contribution in [1.82, 2.24) is 0 Å². The third-order valence-corrected chi connectivity index (χ3v) is 6.54. The minimum Gasteiger partial charge on any atom is -0.496 e. The van der Waals surface area contributed by atoms with Gasteiger partial charge in [-0.3, -0.25) is 0 Å². The Hall–Kier alpha value is -3.66. The van der Waals surface area contributed by atoms with Crippen LogP contribution in [0.3, 0.4) is 0 Å². The highest BCUT2D eigenvalue weighted by molar-refractivity contribution is 5.79. The van der Waals surface area contributed by atoms with Gasteiger partial charge in [0.15, 0.2) is 0 Å². The van der Waals surface area contributed by atoms with Gasteiger partial charge in [-0.25, -0.2) is 0 Å². The van der Waals surface area contributed by atoms with Gasteiger partial charge in [-0.15, -0.1) is 0 Å². The van der Waals surface area contributed by atoms with Gasteiger partial charge in [0.05, 0.1) is 14.2 Å². The summed E-state index contributed by atoms with van der Waals surface area (Å²) >= 11 is 0. The second-order valence-corrected chi connectivity index (χ2v) is 8.53. The molecule has 0 heterocycles. The van der Waals surface area contributed by atoms with E-state index in [9.17, 15) is 0 Å². The topological polar surface area (TPSA) is 24.9 Å². The average molecular weight is 485 g/mol. The first-order chi connectivity index (χ1) is 17.6.